The molecule has 3 aromatic rings. The summed E-state index contributed by atoms with van der Waals surface area (Å²) in [6, 6.07) is 8.37. The zero-order chi connectivity index (χ0) is 23.8. The maximum absolute atomic E-state index is 12.8. The fourth-order valence-corrected chi connectivity index (χ4v) is 4.92. The number of rotatable bonds is 6. The summed E-state index contributed by atoms with van der Waals surface area (Å²) >= 11 is 6.28. The second-order valence-electron chi connectivity index (χ2n) is 8.23. The summed E-state index contributed by atoms with van der Waals surface area (Å²) in [5.74, 6) is 0.371. The number of fused-ring (bicyclic) bond motifs is 1. The van der Waals surface area contributed by atoms with Gasteiger partial charge in [0.25, 0.3) is 5.56 Å². The second kappa shape index (κ2) is 9.12. The van der Waals surface area contributed by atoms with Gasteiger partial charge in [0.2, 0.25) is 5.95 Å². The number of nitrogens with zero attached hydrogens (tertiary/aromatic N) is 3. The van der Waals surface area contributed by atoms with Crippen LogP contribution in [0, 0.1) is 0 Å². The van der Waals surface area contributed by atoms with Gasteiger partial charge in [-0.1, -0.05) is 23.7 Å². The van der Waals surface area contributed by atoms with Crippen LogP contribution in [0.5, 0.6) is 0 Å². The molecule has 2 aromatic heterocycles. The Kier molecular flexibility index (Phi) is 6.42. The summed E-state index contributed by atoms with van der Waals surface area (Å²) in [5, 5.41) is 5.57. The standard InChI is InChI=1S/C22H25ClN6O3S/c1-13(2)33(31,32)19-7-5-4-6-17(19)25-20-15(23)11-24-22(28-20)27-18-10-14-12-29(3)9-8-16(14)26-21(18)30/h4-7,10-11,13H,8-9,12H2,1-3H3,(H,26,30)(H2,24,25,27,28). The molecule has 0 radical (unpaired) electrons. The maximum Gasteiger partial charge on any atom is 0.271 e. The highest BCUT2D eigenvalue weighted by Crippen LogP contribution is 2.30. The largest absolute Gasteiger partial charge is 0.338 e. The Hall–Kier alpha value is -2.95. The third kappa shape index (κ3) is 4.87. The van der Waals surface area contributed by atoms with Crippen molar-refractivity contribution in [3.63, 3.8) is 0 Å². The van der Waals surface area contributed by atoms with Crippen molar-refractivity contribution in [3.05, 3.63) is 63.2 Å². The van der Waals surface area contributed by atoms with Crippen molar-refractivity contribution in [2.24, 2.45) is 0 Å². The van der Waals surface area contributed by atoms with E-state index >= 15 is 0 Å². The lowest BCUT2D eigenvalue weighted by molar-refractivity contribution is 0.310. The summed E-state index contributed by atoms with van der Waals surface area (Å²) < 4.78 is 25.5. The number of likely N-dealkylation sites (N-methyl/N-ethyl adjacent to an activating group) is 1. The summed E-state index contributed by atoms with van der Waals surface area (Å²) in [4.78, 5) is 26.3. The van der Waals surface area contributed by atoms with Crippen molar-refractivity contribution in [3.8, 4) is 0 Å². The Morgan fingerprint density at radius 2 is 1.94 bits per heavy atom. The average molecular weight is 489 g/mol. The summed E-state index contributed by atoms with van der Waals surface area (Å²) in [5.41, 5.74) is 2.38. The quantitative estimate of drug-likeness (QED) is 0.482. The van der Waals surface area contributed by atoms with E-state index in [1.54, 1.807) is 38.1 Å². The molecule has 174 valence electrons. The van der Waals surface area contributed by atoms with Crippen LogP contribution in [0.2, 0.25) is 5.02 Å². The summed E-state index contributed by atoms with van der Waals surface area (Å²) in [7, 11) is -1.51. The smallest absolute Gasteiger partial charge is 0.271 e. The molecule has 0 saturated carbocycles. The number of H-pyrrole nitrogens is 1. The molecule has 0 atom stereocenters. The molecule has 1 aliphatic heterocycles. The number of hydrogen-bond acceptors (Lipinski definition) is 8. The minimum atomic E-state index is -3.53. The molecular weight excluding hydrogens is 464 g/mol. The molecule has 3 heterocycles. The number of sulfone groups is 1. The number of para-hydroxylation sites is 1. The number of aromatic amines is 1. The van der Waals surface area contributed by atoms with Crippen molar-refractivity contribution < 1.29 is 8.42 Å². The van der Waals surface area contributed by atoms with E-state index in [0.717, 1.165) is 30.8 Å². The van der Waals surface area contributed by atoms with Gasteiger partial charge in [-0.2, -0.15) is 4.98 Å². The van der Waals surface area contributed by atoms with Crippen LogP contribution in [-0.4, -0.2) is 47.1 Å². The van der Waals surface area contributed by atoms with Gasteiger partial charge >= 0.3 is 0 Å². The highest BCUT2D eigenvalue weighted by Gasteiger charge is 2.23. The Morgan fingerprint density at radius 3 is 2.70 bits per heavy atom. The van der Waals surface area contributed by atoms with E-state index in [4.69, 9.17) is 11.6 Å². The Labute approximate surface area is 197 Å². The van der Waals surface area contributed by atoms with Gasteiger partial charge in [-0.05, 0) is 44.7 Å². The molecule has 0 aliphatic carbocycles. The maximum atomic E-state index is 12.8. The Bertz CT molecular complexity index is 1360. The number of anilines is 4. The van der Waals surface area contributed by atoms with Crippen LogP contribution in [0.1, 0.15) is 25.1 Å². The van der Waals surface area contributed by atoms with Gasteiger partial charge in [0.05, 0.1) is 22.0 Å². The molecule has 0 spiro atoms. The number of benzene rings is 1. The minimum Gasteiger partial charge on any atom is -0.338 e. The number of halogens is 1. The summed E-state index contributed by atoms with van der Waals surface area (Å²) in [6.07, 6.45) is 2.17. The Balaban J connectivity index is 1.65. The third-order valence-electron chi connectivity index (χ3n) is 5.46. The van der Waals surface area contributed by atoms with Crippen molar-refractivity contribution in [2.45, 2.75) is 37.0 Å². The van der Waals surface area contributed by atoms with Crippen LogP contribution in [0.4, 0.5) is 23.1 Å². The van der Waals surface area contributed by atoms with Crippen molar-refractivity contribution >= 4 is 44.6 Å². The van der Waals surface area contributed by atoms with E-state index < -0.39 is 15.1 Å². The monoisotopic (exact) mass is 488 g/mol. The minimum absolute atomic E-state index is 0.152. The average Bonchev–Trinajstić information content (AvgIpc) is 2.77. The molecule has 4 rings (SSSR count). The molecule has 0 amide bonds. The van der Waals surface area contributed by atoms with Gasteiger partial charge < -0.3 is 20.5 Å². The molecule has 0 unspecified atom stereocenters. The first kappa shape index (κ1) is 23.2. The van der Waals surface area contributed by atoms with E-state index in [1.165, 1.54) is 12.3 Å². The van der Waals surface area contributed by atoms with Crippen LogP contribution >= 0.6 is 11.6 Å². The van der Waals surface area contributed by atoms with E-state index in [1.807, 2.05) is 7.05 Å². The first-order chi connectivity index (χ1) is 15.6. The van der Waals surface area contributed by atoms with Crippen LogP contribution in [0.15, 0.2) is 46.2 Å². The molecular formula is C22H25ClN6O3S. The molecule has 0 fully saturated rings. The molecule has 11 heteroatoms. The van der Waals surface area contributed by atoms with Crippen LogP contribution in [0.3, 0.4) is 0 Å². The van der Waals surface area contributed by atoms with Crippen LogP contribution in [0.25, 0.3) is 0 Å². The molecule has 0 bridgehead atoms. The first-order valence-corrected chi connectivity index (χ1v) is 12.4. The zero-order valence-electron chi connectivity index (χ0n) is 18.5. The van der Waals surface area contributed by atoms with Crippen molar-refractivity contribution in [2.75, 3.05) is 24.2 Å². The highest BCUT2D eigenvalue weighted by molar-refractivity contribution is 7.92. The lowest BCUT2D eigenvalue weighted by Crippen LogP contribution is -2.29. The molecule has 1 aliphatic rings. The Morgan fingerprint density at radius 1 is 1.18 bits per heavy atom. The molecule has 0 saturated heterocycles. The molecule has 9 nitrogen and oxygen atoms in total. The first-order valence-electron chi connectivity index (χ1n) is 10.5. The predicted molar refractivity (Wildman–Crippen MR) is 129 cm³/mol. The lowest BCUT2D eigenvalue weighted by Gasteiger charge is -2.24. The zero-order valence-corrected chi connectivity index (χ0v) is 20.1. The fourth-order valence-electron chi connectivity index (χ4n) is 3.58. The number of aromatic nitrogens is 3. The van der Waals surface area contributed by atoms with Crippen molar-refractivity contribution in [1.29, 1.82) is 0 Å². The predicted octanol–water partition coefficient (Wildman–Crippen LogP) is 3.48. The van der Waals surface area contributed by atoms with Gasteiger partial charge in [-0.15, -0.1) is 0 Å². The van der Waals surface area contributed by atoms with Crippen molar-refractivity contribution in [1.82, 2.24) is 19.9 Å². The van der Waals surface area contributed by atoms with E-state index in [-0.39, 0.29) is 27.2 Å². The number of pyridine rings is 1. The van der Waals surface area contributed by atoms with Gasteiger partial charge in [-0.3, -0.25) is 4.79 Å². The van der Waals surface area contributed by atoms with Crippen LogP contribution < -0.4 is 16.2 Å². The lowest BCUT2D eigenvalue weighted by atomic mass is 10.1. The van der Waals surface area contributed by atoms with E-state index in [9.17, 15) is 13.2 Å². The number of nitrogens with one attached hydrogen (secondary N) is 3. The highest BCUT2D eigenvalue weighted by atomic mass is 35.5. The molecule has 33 heavy (non-hydrogen) atoms. The van der Waals surface area contributed by atoms with Gasteiger partial charge in [0, 0.05) is 25.2 Å². The van der Waals surface area contributed by atoms with Gasteiger partial charge in [0.1, 0.15) is 10.7 Å². The fraction of sp³-hybridized carbons (Fsp3) is 0.318. The van der Waals surface area contributed by atoms with E-state index in [2.05, 4.69) is 30.5 Å². The third-order valence-corrected chi connectivity index (χ3v) is 7.94. The molecule has 1 aromatic carbocycles. The normalized spacial score (nSPS) is 14.2. The van der Waals surface area contributed by atoms with Gasteiger partial charge in [0.15, 0.2) is 15.7 Å². The second-order valence-corrected chi connectivity index (χ2v) is 11.1. The SMILES string of the molecule is CC(C)S(=O)(=O)c1ccccc1Nc1nc(Nc2cc3c([nH]c2=O)CCN(C)C3)ncc1Cl. The molecule has 3 N–H and O–H groups in total. The summed E-state index contributed by atoms with van der Waals surface area (Å²) in [6.45, 7) is 4.87. The topological polar surface area (TPSA) is 120 Å². The van der Waals surface area contributed by atoms with Crippen LogP contribution in [-0.2, 0) is 22.8 Å². The number of hydrogen-bond donors (Lipinski definition) is 3. The van der Waals surface area contributed by atoms with Gasteiger partial charge in [-0.25, -0.2) is 13.4 Å². The van der Waals surface area contributed by atoms with E-state index in [0.29, 0.717) is 11.4 Å².